The fourth-order valence-corrected chi connectivity index (χ4v) is 4.46. The molecular formula is C26H23F6NO4. The van der Waals surface area contributed by atoms with Gasteiger partial charge in [-0.1, -0.05) is 36.4 Å². The Bertz CT molecular complexity index is 1230. The smallest absolute Gasteiger partial charge is 0.496 e. The van der Waals surface area contributed by atoms with Crippen molar-refractivity contribution in [1.82, 2.24) is 4.90 Å². The number of methoxy groups -OCH3 is 1. The van der Waals surface area contributed by atoms with Crippen molar-refractivity contribution in [1.29, 1.82) is 0 Å². The number of ether oxygens (including phenoxy) is 3. The summed E-state index contributed by atoms with van der Waals surface area (Å²) in [5.41, 5.74) is -0.224. The van der Waals surface area contributed by atoms with Crippen LogP contribution in [0.2, 0.25) is 0 Å². The highest BCUT2D eigenvalue weighted by molar-refractivity contribution is 5.53. The molecule has 0 bridgehead atoms. The maximum atomic E-state index is 12.9. The average Bonchev–Trinajstić information content (AvgIpc) is 2.81. The predicted octanol–water partition coefficient (Wildman–Crippen LogP) is 5.79. The molecule has 1 N–H and O–H groups in total. The topological polar surface area (TPSA) is 51.2 Å². The monoisotopic (exact) mass is 527 g/mol. The highest BCUT2D eigenvalue weighted by Crippen LogP contribution is 2.44. The van der Waals surface area contributed by atoms with Gasteiger partial charge in [-0.3, -0.25) is 4.90 Å². The van der Waals surface area contributed by atoms with Gasteiger partial charge in [0.05, 0.1) is 7.11 Å². The van der Waals surface area contributed by atoms with Crippen molar-refractivity contribution >= 4 is 0 Å². The fourth-order valence-electron chi connectivity index (χ4n) is 4.46. The molecule has 0 aromatic heterocycles. The molecule has 0 fully saturated rings. The number of hydrogen-bond acceptors (Lipinski definition) is 5. The Morgan fingerprint density at radius 3 is 2.24 bits per heavy atom. The van der Waals surface area contributed by atoms with Gasteiger partial charge in [0.1, 0.15) is 22.8 Å². The third-order valence-electron chi connectivity index (χ3n) is 5.87. The molecule has 0 saturated heterocycles. The SMILES string of the molecule is COc1ccc(OCC(F)(F)F)cc1C1(O)CN(Cc2ccccc2)Cc2cc(OC(F)(F)F)ccc21. The second-order valence-corrected chi connectivity index (χ2v) is 8.62. The van der Waals surface area contributed by atoms with Gasteiger partial charge >= 0.3 is 12.5 Å². The summed E-state index contributed by atoms with van der Waals surface area (Å²) in [4.78, 5) is 1.82. The van der Waals surface area contributed by atoms with Crippen LogP contribution in [-0.4, -0.2) is 42.8 Å². The molecule has 0 spiro atoms. The second-order valence-electron chi connectivity index (χ2n) is 8.62. The normalized spacial score (nSPS) is 18.3. The number of aliphatic hydroxyl groups is 1. The number of halogens is 6. The van der Waals surface area contributed by atoms with Crippen molar-refractivity contribution in [3.8, 4) is 17.2 Å². The molecule has 4 rings (SSSR count). The third kappa shape index (κ3) is 6.47. The van der Waals surface area contributed by atoms with E-state index in [0.717, 1.165) is 11.6 Å². The van der Waals surface area contributed by atoms with E-state index in [0.29, 0.717) is 12.1 Å². The standard InChI is InChI=1S/C26H23F6NO4/c1-35-23-10-8-19(36-16-25(27,28)29)12-22(23)24(34)15-33(13-17-5-3-2-4-6-17)14-18-11-20(7-9-21(18)24)37-26(30,31)32/h2-12,34H,13-16H2,1H3. The van der Waals surface area contributed by atoms with Crippen LogP contribution in [0, 0.1) is 0 Å². The van der Waals surface area contributed by atoms with Gasteiger partial charge in [0.25, 0.3) is 0 Å². The van der Waals surface area contributed by atoms with Gasteiger partial charge < -0.3 is 19.3 Å². The van der Waals surface area contributed by atoms with E-state index in [1.165, 1.54) is 37.4 Å². The van der Waals surface area contributed by atoms with E-state index in [2.05, 4.69) is 4.74 Å². The first-order chi connectivity index (χ1) is 17.4. The summed E-state index contributed by atoms with van der Waals surface area (Å²) >= 11 is 0. The Morgan fingerprint density at radius 1 is 0.892 bits per heavy atom. The number of rotatable bonds is 7. The zero-order chi connectivity index (χ0) is 26.8. The average molecular weight is 527 g/mol. The lowest BCUT2D eigenvalue weighted by atomic mass is 9.79. The van der Waals surface area contributed by atoms with Gasteiger partial charge in [-0.05, 0) is 47.0 Å². The van der Waals surface area contributed by atoms with Gasteiger partial charge in [-0.15, -0.1) is 13.2 Å². The highest BCUT2D eigenvalue weighted by atomic mass is 19.4. The summed E-state index contributed by atoms with van der Waals surface area (Å²) in [6.07, 6.45) is -9.48. The van der Waals surface area contributed by atoms with Crippen LogP contribution in [0.3, 0.4) is 0 Å². The highest BCUT2D eigenvalue weighted by Gasteiger charge is 2.42. The molecule has 11 heteroatoms. The van der Waals surface area contributed by atoms with E-state index in [1.807, 2.05) is 35.2 Å². The molecule has 1 aliphatic heterocycles. The summed E-state index contributed by atoms with van der Waals surface area (Å²) in [5.74, 6) is -0.435. The molecule has 1 heterocycles. The molecule has 1 unspecified atom stereocenters. The van der Waals surface area contributed by atoms with Gasteiger partial charge in [0.2, 0.25) is 0 Å². The van der Waals surface area contributed by atoms with E-state index in [4.69, 9.17) is 9.47 Å². The van der Waals surface area contributed by atoms with Gasteiger partial charge in [0.15, 0.2) is 6.61 Å². The molecule has 198 valence electrons. The first-order valence-corrected chi connectivity index (χ1v) is 11.1. The van der Waals surface area contributed by atoms with Crippen LogP contribution in [0.15, 0.2) is 66.7 Å². The number of fused-ring (bicyclic) bond motifs is 1. The van der Waals surface area contributed by atoms with Gasteiger partial charge in [-0.2, -0.15) is 13.2 Å². The zero-order valence-electron chi connectivity index (χ0n) is 19.6. The third-order valence-corrected chi connectivity index (χ3v) is 5.87. The Morgan fingerprint density at radius 2 is 1.59 bits per heavy atom. The van der Waals surface area contributed by atoms with E-state index in [1.54, 1.807) is 0 Å². The quantitative estimate of drug-likeness (QED) is 0.395. The maximum absolute atomic E-state index is 12.9. The lowest BCUT2D eigenvalue weighted by Crippen LogP contribution is -2.46. The summed E-state index contributed by atoms with van der Waals surface area (Å²) in [6.45, 7) is -1.02. The Hall–Kier alpha value is -3.44. The summed E-state index contributed by atoms with van der Waals surface area (Å²) < 4.78 is 91.1. The molecule has 1 atom stereocenters. The number of benzene rings is 3. The number of alkyl halides is 6. The minimum Gasteiger partial charge on any atom is -0.496 e. The van der Waals surface area contributed by atoms with Crippen LogP contribution in [0.4, 0.5) is 26.3 Å². The van der Waals surface area contributed by atoms with Gasteiger partial charge in [0, 0.05) is 25.2 Å². The second kappa shape index (κ2) is 10.1. The van der Waals surface area contributed by atoms with E-state index in [-0.39, 0.29) is 35.7 Å². The number of β-amino-alcohol motifs (C(OH)–C–C–N with tert-alkyl or cyclic N) is 1. The van der Waals surface area contributed by atoms with Crippen molar-refractivity contribution < 1.29 is 45.7 Å². The van der Waals surface area contributed by atoms with E-state index < -0.39 is 30.5 Å². The first kappa shape index (κ1) is 26.6. The fraction of sp³-hybridized carbons (Fsp3) is 0.308. The molecule has 3 aromatic rings. The maximum Gasteiger partial charge on any atom is 0.573 e. The molecule has 0 amide bonds. The van der Waals surface area contributed by atoms with Crippen LogP contribution in [0.25, 0.3) is 0 Å². The summed E-state index contributed by atoms with van der Waals surface area (Å²) in [5, 5.41) is 12.1. The van der Waals surface area contributed by atoms with Crippen LogP contribution >= 0.6 is 0 Å². The Balaban J connectivity index is 1.79. The molecular weight excluding hydrogens is 504 g/mol. The lowest BCUT2D eigenvalue weighted by molar-refractivity contribution is -0.274. The van der Waals surface area contributed by atoms with Crippen molar-refractivity contribution in [2.24, 2.45) is 0 Å². The summed E-state index contributed by atoms with van der Waals surface area (Å²) in [6, 6.07) is 16.7. The van der Waals surface area contributed by atoms with Crippen molar-refractivity contribution in [3.05, 3.63) is 89.0 Å². The zero-order valence-corrected chi connectivity index (χ0v) is 19.6. The molecule has 0 saturated carbocycles. The molecule has 3 aromatic carbocycles. The van der Waals surface area contributed by atoms with Crippen LogP contribution in [0.1, 0.15) is 22.3 Å². The van der Waals surface area contributed by atoms with Crippen LogP contribution in [0.5, 0.6) is 17.2 Å². The summed E-state index contributed by atoms with van der Waals surface area (Å²) in [7, 11) is 1.34. The van der Waals surface area contributed by atoms with E-state index in [9.17, 15) is 31.4 Å². The first-order valence-electron chi connectivity index (χ1n) is 11.1. The molecule has 37 heavy (non-hydrogen) atoms. The molecule has 1 aliphatic rings. The number of hydrogen-bond donors (Lipinski definition) is 1. The minimum atomic E-state index is -4.91. The predicted molar refractivity (Wildman–Crippen MR) is 121 cm³/mol. The van der Waals surface area contributed by atoms with Crippen molar-refractivity contribution in [2.75, 3.05) is 20.3 Å². The molecule has 5 nitrogen and oxygen atoms in total. The van der Waals surface area contributed by atoms with Crippen molar-refractivity contribution in [2.45, 2.75) is 31.2 Å². The van der Waals surface area contributed by atoms with Crippen molar-refractivity contribution in [3.63, 3.8) is 0 Å². The molecule has 0 aliphatic carbocycles. The largest absolute Gasteiger partial charge is 0.573 e. The van der Waals surface area contributed by atoms with E-state index >= 15 is 0 Å². The lowest BCUT2D eigenvalue weighted by Gasteiger charge is -2.42. The van der Waals surface area contributed by atoms with Gasteiger partial charge in [-0.25, -0.2) is 0 Å². The van der Waals surface area contributed by atoms with Crippen LogP contribution in [-0.2, 0) is 18.7 Å². The number of nitrogens with zero attached hydrogens (tertiary/aromatic N) is 1. The molecule has 0 radical (unpaired) electrons. The Kier molecular flexibility index (Phi) is 7.29. The minimum absolute atomic E-state index is 0.0204. The Labute approximate surface area is 208 Å². The van der Waals surface area contributed by atoms with Crippen LogP contribution < -0.4 is 14.2 Å².